The number of aryl methyl sites for hydroxylation is 1. The van der Waals surface area contributed by atoms with Gasteiger partial charge in [-0.3, -0.25) is 4.79 Å². The van der Waals surface area contributed by atoms with Crippen molar-refractivity contribution in [1.82, 2.24) is 15.5 Å². The zero-order valence-corrected chi connectivity index (χ0v) is 24.4. The summed E-state index contributed by atoms with van der Waals surface area (Å²) < 4.78 is 5.56. The molecule has 0 bridgehead atoms. The maximum Gasteiger partial charge on any atom is 0.326 e. The van der Waals surface area contributed by atoms with Crippen molar-refractivity contribution in [1.29, 1.82) is 0 Å². The third-order valence-electron chi connectivity index (χ3n) is 7.33. The number of fused-ring (bicyclic) bond motifs is 1. The molecule has 5 rings (SSSR count). The number of furan rings is 1. The van der Waals surface area contributed by atoms with Gasteiger partial charge in [0.2, 0.25) is 0 Å². The number of amides is 1. The molecule has 2 atom stereocenters. The Labute approximate surface area is 240 Å². The molecule has 1 unspecified atom stereocenters. The number of allylic oxidation sites excluding steroid dienone is 5. The van der Waals surface area contributed by atoms with Crippen LogP contribution in [0.5, 0.6) is 0 Å². The molecule has 39 heavy (non-hydrogen) atoms. The molecule has 2 aromatic rings. The van der Waals surface area contributed by atoms with Crippen molar-refractivity contribution in [3.63, 3.8) is 0 Å². The number of dihydropyridines is 1. The molecule has 10 heteroatoms. The number of halogens is 1. The summed E-state index contributed by atoms with van der Waals surface area (Å²) in [5.74, 6) is 0.264. The molecule has 0 radical (unpaired) electrons. The van der Waals surface area contributed by atoms with Gasteiger partial charge in [0.15, 0.2) is 0 Å². The third kappa shape index (κ3) is 5.84. The second kappa shape index (κ2) is 11.3. The number of hydrogen-bond acceptors (Lipinski definition) is 6. The van der Waals surface area contributed by atoms with Crippen molar-refractivity contribution in [2.45, 2.75) is 50.1 Å². The van der Waals surface area contributed by atoms with E-state index in [1.165, 1.54) is 11.0 Å². The van der Waals surface area contributed by atoms with Crippen LogP contribution >= 0.6 is 33.5 Å². The van der Waals surface area contributed by atoms with Crippen LogP contribution in [0.1, 0.15) is 41.1 Å². The van der Waals surface area contributed by atoms with Crippen LogP contribution in [0.15, 0.2) is 68.4 Å². The van der Waals surface area contributed by atoms with E-state index in [4.69, 9.17) is 28.6 Å². The van der Waals surface area contributed by atoms with E-state index < -0.39 is 12.0 Å². The average molecular weight is 584 g/mol. The van der Waals surface area contributed by atoms with Gasteiger partial charge in [-0.05, 0) is 67.2 Å². The van der Waals surface area contributed by atoms with Crippen LogP contribution < -0.4 is 10.6 Å². The Balaban J connectivity index is 1.33. The highest BCUT2D eigenvalue weighted by Gasteiger charge is 2.29. The highest BCUT2D eigenvalue weighted by atomic mass is 35.5. The fourth-order valence-electron chi connectivity index (χ4n) is 5.29. The van der Waals surface area contributed by atoms with Crippen molar-refractivity contribution in [3.05, 3.63) is 92.3 Å². The number of carboxylic acid groups (broad SMARTS) is 1. The first kappa shape index (κ1) is 27.6. The quantitative estimate of drug-likeness (QED) is 0.271. The lowest BCUT2D eigenvalue weighted by Crippen LogP contribution is -2.40. The molecule has 1 aliphatic carbocycles. The minimum absolute atomic E-state index is 0.00781. The second-order valence-electron chi connectivity index (χ2n) is 10.1. The smallest absolute Gasteiger partial charge is 0.326 e. The molecule has 1 aromatic carbocycles. The number of aliphatic carboxylic acids is 1. The summed E-state index contributed by atoms with van der Waals surface area (Å²) in [5.41, 5.74) is 5.87. The minimum atomic E-state index is -1.03. The van der Waals surface area contributed by atoms with Crippen molar-refractivity contribution in [2.24, 2.45) is 0 Å². The van der Waals surface area contributed by atoms with E-state index in [1.54, 1.807) is 12.1 Å². The molecule has 0 saturated heterocycles. The van der Waals surface area contributed by atoms with E-state index in [1.807, 2.05) is 24.0 Å². The topological polar surface area (TPSA) is 94.8 Å². The van der Waals surface area contributed by atoms with Crippen molar-refractivity contribution in [3.8, 4) is 0 Å². The van der Waals surface area contributed by atoms with E-state index in [-0.39, 0.29) is 12.3 Å². The minimum Gasteiger partial charge on any atom is -0.480 e. The number of thiol groups is 1. The Morgan fingerprint density at radius 2 is 2.10 bits per heavy atom. The highest BCUT2D eigenvalue weighted by molar-refractivity contribution is 7.80. The predicted octanol–water partition coefficient (Wildman–Crippen LogP) is 5.01. The van der Waals surface area contributed by atoms with Gasteiger partial charge in [0.1, 0.15) is 17.6 Å². The summed E-state index contributed by atoms with van der Waals surface area (Å²) in [6.45, 7) is 7.38. The fraction of sp³-hybridized carbons (Fsp3) is 0.310. The Bertz CT molecular complexity index is 1470. The molecule has 0 saturated carbocycles. The third-order valence-corrected chi connectivity index (χ3v) is 8.58. The normalized spacial score (nSPS) is 17.4. The Morgan fingerprint density at radius 3 is 2.82 bits per heavy atom. The Kier molecular flexibility index (Phi) is 7.99. The number of carbonyl (C=O) groups is 2. The molecule has 1 amide bonds. The number of hydrogen-bond donors (Lipinski definition) is 4. The van der Waals surface area contributed by atoms with Gasteiger partial charge in [-0.2, -0.15) is 0 Å². The summed E-state index contributed by atoms with van der Waals surface area (Å²) in [6.07, 6.45) is 6.85. The van der Waals surface area contributed by atoms with Crippen LogP contribution in [0.25, 0.3) is 5.70 Å². The maximum absolute atomic E-state index is 13.4. The molecule has 3 aliphatic rings. The second-order valence-corrected chi connectivity index (χ2v) is 11.7. The van der Waals surface area contributed by atoms with Gasteiger partial charge in [0.05, 0.1) is 5.02 Å². The first-order valence-corrected chi connectivity index (χ1v) is 14.2. The molecule has 0 spiro atoms. The average Bonchev–Trinajstić information content (AvgIpc) is 3.31. The van der Waals surface area contributed by atoms with Gasteiger partial charge >= 0.3 is 5.97 Å². The highest BCUT2D eigenvalue weighted by Crippen LogP contribution is 2.37. The molecule has 1 aromatic heterocycles. The number of nitrogens with one attached hydrogen (secondary N) is 2. The lowest BCUT2D eigenvalue weighted by molar-refractivity contribution is -0.139. The zero-order chi connectivity index (χ0) is 27.8. The first-order valence-electron chi connectivity index (χ1n) is 12.8. The lowest BCUT2D eigenvalue weighted by atomic mass is 9.94. The first-order chi connectivity index (χ1) is 18.6. The summed E-state index contributed by atoms with van der Waals surface area (Å²) in [5, 5.41) is 17.8. The van der Waals surface area contributed by atoms with Gasteiger partial charge in [-0.15, -0.1) is 21.9 Å². The molecular weight excluding hydrogens is 553 g/mol. The molecule has 3 N–H and O–H groups in total. The summed E-state index contributed by atoms with van der Waals surface area (Å²) in [4.78, 5) is 27.9. The number of rotatable bonds is 7. The van der Waals surface area contributed by atoms with Crippen LogP contribution in [0.3, 0.4) is 0 Å². The molecule has 3 heterocycles. The zero-order valence-electron chi connectivity index (χ0n) is 21.6. The van der Waals surface area contributed by atoms with Crippen LogP contribution in [0.2, 0.25) is 5.02 Å². The van der Waals surface area contributed by atoms with E-state index in [0.29, 0.717) is 58.8 Å². The van der Waals surface area contributed by atoms with E-state index in [2.05, 4.69) is 32.5 Å². The standard InChI is InChI=1S/C29H31ClN3O4PS/c1-15-3-4-20(37-15)12-25(29(35)36)32-16(2)26-23(30)11-19-14-33(8-7-22(19)27(26)39)28(34)18-9-17-10-21(38)5-6-24(17)31-13-18/h3-4,9-11,25,31-32,39H,2,5-8,12-14,38H2,1H3,(H,35,36)/t25-/m0/s1. The van der Waals surface area contributed by atoms with Gasteiger partial charge in [0, 0.05) is 53.5 Å². The summed E-state index contributed by atoms with van der Waals surface area (Å²) in [7, 11) is 2.77. The molecular formula is C29H31ClN3O4PS. The van der Waals surface area contributed by atoms with E-state index >= 15 is 0 Å². The van der Waals surface area contributed by atoms with Crippen molar-refractivity contribution in [2.75, 3.05) is 13.1 Å². The Hall–Kier alpha value is -2.93. The van der Waals surface area contributed by atoms with Crippen LogP contribution in [0.4, 0.5) is 0 Å². The largest absolute Gasteiger partial charge is 0.480 e. The number of carboxylic acids is 1. The van der Waals surface area contributed by atoms with Crippen molar-refractivity contribution < 1.29 is 19.1 Å². The summed E-state index contributed by atoms with van der Waals surface area (Å²) in [6, 6.07) is 4.44. The molecule has 2 aliphatic heterocycles. The number of nitrogens with zero attached hydrogens (tertiary/aromatic N) is 1. The SMILES string of the molecule is C=C(N[C@@H](Cc1ccc(C)o1)C(=O)O)c1c(Cl)cc2c(c1S)CCN(C(=O)C1=CC3=C(CCC(P)=C3)NC1)C2. The fourth-order valence-corrected chi connectivity index (χ4v) is 6.53. The van der Waals surface area contributed by atoms with Crippen LogP contribution in [-0.4, -0.2) is 41.0 Å². The van der Waals surface area contributed by atoms with Crippen molar-refractivity contribution >= 4 is 51.0 Å². The molecule has 7 nitrogen and oxygen atoms in total. The number of carbonyl (C=O) groups excluding carboxylic acids is 1. The van der Waals surface area contributed by atoms with E-state index in [9.17, 15) is 14.7 Å². The molecule has 0 fully saturated rings. The van der Waals surface area contributed by atoms with Gasteiger partial charge in [0.25, 0.3) is 5.91 Å². The van der Waals surface area contributed by atoms with Gasteiger partial charge in [-0.25, -0.2) is 4.79 Å². The van der Waals surface area contributed by atoms with E-state index in [0.717, 1.165) is 35.1 Å². The number of benzene rings is 1. The monoisotopic (exact) mass is 583 g/mol. The Morgan fingerprint density at radius 1 is 1.31 bits per heavy atom. The van der Waals surface area contributed by atoms with Gasteiger partial charge in [-0.1, -0.05) is 29.6 Å². The predicted molar refractivity (Wildman–Crippen MR) is 159 cm³/mol. The van der Waals surface area contributed by atoms with Gasteiger partial charge < -0.3 is 25.1 Å². The van der Waals surface area contributed by atoms with Crippen LogP contribution in [0, 0.1) is 6.92 Å². The lowest BCUT2D eigenvalue weighted by Gasteiger charge is -2.33. The maximum atomic E-state index is 13.4. The summed E-state index contributed by atoms with van der Waals surface area (Å²) >= 11 is 11.5. The van der Waals surface area contributed by atoms with Crippen LogP contribution in [-0.2, 0) is 29.0 Å². The molecule has 204 valence electrons.